The smallest absolute Gasteiger partial charge is 0.125 e. The molecule has 0 aliphatic heterocycles. The molecule has 3 atom stereocenters. The SMILES string of the molecule is CC(N[C@@H](c1ccc(Nc2ccn[nH]2)cc1)C(C)(C)C#N)C(Cc1ccc(Cl)cc1)c1cccc(C#N)c1. The van der Waals surface area contributed by atoms with E-state index >= 15 is 0 Å². The van der Waals surface area contributed by atoms with E-state index in [0.29, 0.717) is 10.6 Å². The van der Waals surface area contributed by atoms with Gasteiger partial charge in [0.2, 0.25) is 0 Å². The van der Waals surface area contributed by atoms with Crippen LogP contribution in [0.4, 0.5) is 11.5 Å². The molecule has 3 N–H and O–H groups in total. The normalized spacial score (nSPS) is 13.6. The van der Waals surface area contributed by atoms with Gasteiger partial charge in [-0.2, -0.15) is 15.6 Å². The van der Waals surface area contributed by atoms with Gasteiger partial charge in [-0.25, -0.2) is 0 Å². The van der Waals surface area contributed by atoms with Crippen LogP contribution in [-0.4, -0.2) is 16.2 Å². The molecule has 38 heavy (non-hydrogen) atoms. The Bertz CT molecular complexity index is 1410. The molecule has 2 unspecified atom stereocenters. The molecule has 0 saturated heterocycles. The van der Waals surface area contributed by atoms with Crippen molar-refractivity contribution in [1.82, 2.24) is 15.5 Å². The van der Waals surface area contributed by atoms with Crippen molar-refractivity contribution in [2.24, 2.45) is 5.41 Å². The van der Waals surface area contributed by atoms with E-state index < -0.39 is 5.41 Å². The van der Waals surface area contributed by atoms with Gasteiger partial charge in [-0.15, -0.1) is 0 Å². The molecule has 3 aromatic carbocycles. The average Bonchev–Trinajstić information content (AvgIpc) is 3.45. The van der Waals surface area contributed by atoms with Crippen LogP contribution in [0.25, 0.3) is 0 Å². The third kappa shape index (κ3) is 6.61. The highest BCUT2D eigenvalue weighted by Crippen LogP contribution is 2.36. The van der Waals surface area contributed by atoms with Crippen molar-refractivity contribution in [2.45, 2.75) is 45.2 Å². The first-order valence-corrected chi connectivity index (χ1v) is 12.9. The van der Waals surface area contributed by atoms with Crippen molar-refractivity contribution >= 4 is 23.1 Å². The van der Waals surface area contributed by atoms with Crippen LogP contribution in [0, 0.1) is 28.1 Å². The zero-order valence-electron chi connectivity index (χ0n) is 21.7. The first-order chi connectivity index (χ1) is 18.3. The van der Waals surface area contributed by atoms with E-state index in [-0.39, 0.29) is 18.0 Å². The Morgan fingerprint density at radius 3 is 2.34 bits per heavy atom. The second-order valence-corrected chi connectivity index (χ2v) is 10.5. The van der Waals surface area contributed by atoms with E-state index in [9.17, 15) is 10.5 Å². The second-order valence-electron chi connectivity index (χ2n) is 10.1. The van der Waals surface area contributed by atoms with E-state index in [1.807, 2.05) is 86.6 Å². The number of nitrogens with zero attached hydrogens (tertiary/aromatic N) is 3. The summed E-state index contributed by atoms with van der Waals surface area (Å²) in [5.74, 6) is 0.867. The molecule has 0 aliphatic carbocycles. The fraction of sp³-hybridized carbons (Fsp3) is 0.258. The molecule has 0 fully saturated rings. The van der Waals surface area contributed by atoms with Gasteiger partial charge in [0, 0.05) is 28.7 Å². The molecule has 4 aromatic rings. The van der Waals surface area contributed by atoms with Crippen LogP contribution in [0.3, 0.4) is 0 Å². The number of rotatable bonds is 10. The minimum absolute atomic E-state index is 0.0139. The Labute approximate surface area is 229 Å². The average molecular weight is 523 g/mol. The number of halogens is 1. The highest BCUT2D eigenvalue weighted by atomic mass is 35.5. The zero-order valence-corrected chi connectivity index (χ0v) is 22.5. The summed E-state index contributed by atoms with van der Waals surface area (Å²) in [5.41, 5.74) is 4.13. The number of aromatic nitrogens is 2. The zero-order chi connectivity index (χ0) is 27.1. The summed E-state index contributed by atoms with van der Waals surface area (Å²) >= 11 is 6.13. The molecule has 1 aromatic heterocycles. The maximum Gasteiger partial charge on any atom is 0.125 e. The number of nitriles is 2. The van der Waals surface area contributed by atoms with Gasteiger partial charge in [-0.05, 0) is 80.3 Å². The Kier molecular flexibility index (Phi) is 8.48. The number of hydrogen-bond donors (Lipinski definition) is 3. The summed E-state index contributed by atoms with van der Waals surface area (Å²) < 4.78 is 0. The largest absolute Gasteiger partial charge is 0.341 e. The van der Waals surface area contributed by atoms with Crippen LogP contribution >= 0.6 is 11.6 Å². The second kappa shape index (κ2) is 12.0. The molecule has 0 amide bonds. The molecular formula is C31H31ClN6. The Hall–Kier alpha value is -4.10. The molecule has 0 radical (unpaired) electrons. The molecule has 4 rings (SSSR count). The van der Waals surface area contributed by atoms with Gasteiger partial charge in [0.1, 0.15) is 5.82 Å². The Morgan fingerprint density at radius 2 is 1.71 bits per heavy atom. The van der Waals surface area contributed by atoms with Crippen LogP contribution in [-0.2, 0) is 6.42 Å². The van der Waals surface area contributed by atoms with E-state index in [4.69, 9.17) is 11.6 Å². The molecule has 0 aliphatic rings. The number of anilines is 2. The van der Waals surface area contributed by atoms with E-state index in [0.717, 1.165) is 34.6 Å². The molecule has 0 spiro atoms. The molecule has 192 valence electrons. The van der Waals surface area contributed by atoms with E-state index in [2.05, 4.69) is 46.0 Å². The van der Waals surface area contributed by atoms with Crippen LogP contribution < -0.4 is 10.6 Å². The van der Waals surface area contributed by atoms with Gasteiger partial charge in [0.05, 0.1) is 35.4 Å². The van der Waals surface area contributed by atoms with Crippen LogP contribution in [0.5, 0.6) is 0 Å². The maximum atomic E-state index is 10.1. The van der Waals surface area contributed by atoms with Gasteiger partial charge >= 0.3 is 0 Å². The summed E-state index contributed by atoms with van der Waals surface area (Å²) in [4.78, 5) is 0. The van der Waals surface area contributed by atoms with Gasteiger partial charge in [0.25, 0.3) is 0 Å². The van der Waals surface area contributed by atoms with Crippen molar-refractivity contribution in [3.63, 3.8) is 0 Å². The quantitative estimate of drug-likeness (QED) is 0.203. The molecular weight excluding hydrogens is 492 g/mol. The lowest BCUT2D eigenvalue weighted by molar-refractivity contribution is 0.281. The van der Waals surface area contributed by atoms with Crippen molar-refractivity contribution < 1.29 is 0 Å². The summed E-state index contributed by atoms with van der Waals surface area (Å²) in [5, 5.41) is 34.2. The first kappa shape index (κ1) is 26.9. The summed E-state index contributed by atoms with van der Waals surface area (Å²) in [6.07, 6.45) is 2.45. The minimum atomic E-state index is -0.675. The van der Waals surface area contributed by atoms with E-state index in [1.54, 1.807) is 6.20 Å². The van der Waals surface area contributed by atoms with Crippen molar-refractivity contribution in [2.75, 3.05) is 5.32 Å². The topological polar surface area (TPSA) is 100 Å². The number of benzene rings is 3. The molecule has 0 saturated carbocycles. The lowest BCUT2D eigenvalue weighted by atomic mass is 9.79. The monoisotopic (exact) mass is 522 g/mol. The van der Waals surface area contributed by atoms with Crippen LogP contribution in [0.1, 0.15) is 55.0 Å². The number of hydrogen-bond acceptors (Lipinski definition) is 5. The van der Waals surface area contributed by atoms with Gasteiger partial charge in [0.15, 0.2) is 0 Å². The highest BCUT2D eigenvalue weighted by Gasteiger charge is 2.34. The third-order valence-electron chi connectivity index (χ3n) is 6.88. The maximum absolute atomic E-state index is 10.1. The predicted molar refractivity (Wildman–Crippen MR) is 152 cm³/mol. The van der Waals surface area contributed by atoms with Crippen molar-refractivity contribution in [1.29, 1.82) is 10.5 Å². The summed E-state index contributed by atoms with van der Waals surface area (Å²) in [7, 11) is 0. The molecule has 1 heterocycles. The number of H-pyrrole nitrogens is 1. The first-order valence-electron chi connectivity index (χ1n) is 12.6. The lowest BCUT2D eigenvalue weighted by Gasteiger charge is -2.36. The Balaban J connectivity index is 1.63. The van der Waals surface area contributed by atoms with Gasteiger partial charge < -0.3 is 10.6 Å². The fourth-order valence-corrected chi connectivity index (χ4v) is 4.83. The standard InChI is InChI=1S/C31H31ClN6/c1-21(28(18-22-7-11-26(32)12-8-22)25-6-4-5-23(17-25)19-33)36-30(31(2,3)20-34)24-9-13-27(14-10-24)37-29-15-16-35-38-29/h4-17,21,28,30,36H,18H2,1-3H3,(H2,35,37,38)/t21?,28?,30-/m0/s1. The van der Waals surface area contributed by atoms with Crippen molar-refractivity contribution in [3.05, 3.63) is 112 Å². The number of nitrogens with one attached hydrogen (secondary N) is 3. The molecule has 7 heteroatoms. The summed E-state index contributed by atoms with van der Waals surface area (Å²) in [6, 6.07) is 30.1. The Morgan fingerprint density at radius 1 is 0.974 bits per heavy atom. The third-order valence-corrected chi connectivity index (χ3v) is 7.13. The predicted octanol–water partition coefficient (Wildman–Crippen LogP) is 7.27. The van der Waals surface area contributed by atoms with Crippen molar-refractivity contribution in [3.8, 4) is 12.1 Å². The van der Waals surface area contributed by atoms with Crippen LogP contribution in [0.15, 0.2) is 85.1 Å². The number of aromatic amines is 1. The minimum Gasteiger partial charge on any atom is -0.341 e. The summed E-state index contributed by atoms with van der Waals surface area (Å²) in [6.45, 7) is 6.06. The molecule has 0 bridgehead atoms. The van der Waals surface area contributed by atoms with Gasteiger partial charge in [-0.1, -0.05) is 48.0 Å². The van der Waals surface area contributed by atoms with E-state index in [1.165, 1.54) is 0 Å². The fourth-order valence-electron chi connectivity index (χ4n) is 4.70. The van der Waals surface area contributed by atoms with Crippen LogP contribution in [0.2, 0.25) is 5.02 Å². The molecule has 6 nitrogen and oxygen atoms in total. The highest BCUT2D eigenvalue weighted by molar-refractivity contribution is 6.30. The lowest BCUT2D eigenvalue weighted by Crippen LogP contribution is -2.42. The van der Waals surface area contributed by atoms with Gasteiger partial charge in [-0.3, -0.25) is 5.10 Å².